The van der Waals surface area contributed by atoms with Gasteiger partial charge in [-0.2, -0.15) is 0 Å². The third kappa shape index (κ3) is 3.03. The van der Waals surface area contributed by atoms with Gasteiger partial charge in [-0.25, -0.2) is 4.39 Å². The van der Waals surface area contributed by atoms with Gasteiger partial charge in [-0.1, -0.05) is 23.7 Å². The Balaban J connectivity index is 2.05. The van der Waals surface area contributed by atoms with Gasteiger partial charge in [0.05, 0.1) is 24.2 Å². The first-order valence-electron chi connectivity index (χ1n) is 8.68. The molecule has 0 saturated carbocycles. The third-order valence-electron chi connectivity index (χ3n) is 4.81. The highest BCUT2D eigenvalue weighted by molar-refractivity contribution is 6.31. The molecule has 0 aliphatic heterocycles. The van der Waals surface area contributed by atoms with E-state index in [9.17, 15) is 9.18 Å². The van der Waals surface area contributed by atoms with Crippen molar-refractivity contribution < 1.29 is 13.9 Å². The molecule has 28 heavy (non-hydrogen) atoms. The Hall–Kier alpha value is -2.89. The number of ether oxygens (including phenoxy) is 1. The van der Waals surface area contributed by atoms with Crippen molar-refractivity contribution in [2.24, 2.45) is 5.73 Å². The van der Waals surface area contributed by atoms with E-state index in [0.29, 0.717) is 28.1 Å². The number of methoxy groups -OCH3 is 1. The molecule has 4 nitrogen and oxygen atoms in total. The number of nitrogens with zero attached hydrogens (tertiary/aromatic N) is 1. The number of primary amides is 1. The van der Waals surface area contributed by atoms with Crippen molar-refractivity contribution in [1.82, 2.24) is 4.57 Å². The number of halogens is 2. The van der Waals surface area contributed by atoms with Gasteiger partial charge in [0.25, 0.3) is 0 Å². The van der Waals surface area contributed by atoms with Crippen LogP contribution in [0.25, 0.3) is 21.8 Å². The van der Waals surface area contributed by atoms with Gasteiger partial charge in [0.1, 0.15) is 5.82 Å². The molecule has 0 atom stereocenters. The highest BCUT2D eigenvalue weighted by atomic mass is 35.5. The van der Waals surface area contributed by atoms with Crippen molar-refractivity contribution in [2.75, 3.05) is 7.11 Å². The fraction of sp³-hybridized carbons (Fsp3) is 0.136. The molecule has 0 bridgehead atoms. The SMILES string of the molecule is COCc1c[c]c2c3c(C(N)=O)cccc3n(Cc3c(F)cccc3Cl)c2c1. The summed E-state index contributed by atoms with van der Waals surface area (Å²) in [6.07, 6.45) is 0. The predicted molar refractivity (Wildman–Crippen MR) is 108 cm³/mol. The highest BCUT2D eigenvalue weighted by Crippen LogP contribution is 2.34. The molecule has 2 N–H and O–H groups in total. The fourth-order valence-corrected chi connectivity index (χ4v) is 3.79. The van der Waals surface area contributed by atoms with Crippen LogP contribution in [-0.4, -0.2) is 17.6 Å². The van der Waals surface area contributed by atoms with Crippen LogP contribution in [0, 0.1) is 11.9 Å². The molecule has 6 heteroatoms. The van der Waals surface area contributed by atoms with Crippen molar-refractivity contribution in [2.45, 2.75) is 13.2 Å². The van der Waals surface area contributed by atoms with Gasteiger partial charge in [0.15, 0.2) is 0 Å². The van der Waals surface area contributed by atoms with E-state index >= 15 is 0 Å². The van der Waals surface area contributed by atoms with Gasteiger partial charge in [0, 0.05) is 34.0 Å². The van der Waals surface area contributed by atoms with Crippen LogP contribution >= 0.6 is 11.6 Å². The summed E-state index contributed by atoms with van der Waals surface area (Å²) in [6.45, 7) is 0.620. The molecule has 0 aliphatic carbocycles. The topological polar surface area (TPSA) is 57.2 Å². The number of amides is 1. The number of hydrogen-bond acceptors (Lipinski definition) is 2. The lowest BCUT2D eigenvalue weighted by molar-refractivity contribution is 0.100. The maximum atomic E-state index is 14.5. The van der Waals surface area contributed by atoms with Crippen LogP contribution in [0.2, 0.25) is 5.02 Å². The molecule has 1 radical (unpaired) electrons. The molecule has 4 aromatic rings. The van der Waals surface area contributed by atoms with E-state index in [2.05, 4.69) is 6.07 Å². The lowest BCUT2D eigenvalue weighted by Crippen LogP contribution is -2.11. The van der Waals surface area contributed by atoms with E-state index in [1.807, 2.05) is 22.8 Å². The van der Waals surface area contributed by atoms with Gasteiger partial charge >= 0.3 is 0 Å². The summed E-state index contributed by atoms with van der Waals surface area (Å²) in [7, 11) is 1.62. The van der Waals surface area contributed by atoms with Crippen molar-refractivity contribution >= 4 is 39.3 Å². The number of carbonyl (C=O) groups excluding carboxylic acids is 1. The number of aromatic nitrogens is 1. The minimum absolute atomic E-state index is 0.206. The number of rotatable bonds is 5. The first-order chi connectivity index (χ1) is 13.5. The molecule has 0 fully saturated rings. The molecular weight excluding hydrogens is 379 g/mol. The maximum Gasteiger partial charge on any atom is 0.249 e. The summed E-state index contributed by atoms with van der Waals surface area (Å²) in [4.78, 5) is 12.0. The number of nitrogens with two attached hydrogens (primary N) is 1. The second-order valence-electron chi connectivity index (χ2n) is 6.55. The maximum absolute atomic E-state index is 14.5. The Morgan fingerprint density at radius 3 is 2.75 bits per heavy atom. The summed E-state index contributed by atoms with van der Waals surface area (Å²) < 4.78 is 21.6. The van der Waals surface area contributed by atoms with Crippen LogP contribution in [0.15, 0.2) is 48.5 Å². The zero-order chi connectivity index (χ0) is 19.8. The van der Waals surface area contributed by atoms with Gasteiger partial charge in [-0.3, -0.25) is 4.79 Å². The zero-order valence-electron chi connectivity index (χ0n) is 15.1. The molecule has 0 aliphatic rings. The molecule has 141 valence electrons. The highest BCUT2D eigenvalue weighted by Gasteiger charge is 2.18. The Morgan fingerprint density at radius 1 is 1.25 bits per heavy atom. The molecule has 1 heterocycles. The van der Waals surface area contributed by atoms with E-state index in [-0.39, 0.29) is 12.4 Å². The number of carbonyl (C=O) groups is 1. The normalized spacial score (nSPS) is 11.4. The zero-order valence-corrected chi connectivity index (χ0v) is 15.9. The molecule has 0 unspecified atom stereocenters. The van der Waals surface area contributed by atoms with E-state index in [1.165, 1.54) is 6.07 Å². The molecular formula is C22H17ClFN2O2. The number of benzene rings is 3. The lowest BCUT2D eigenvalue weighted by Gasteiger charge is -2.11. The fourth-order valence-electron chi connectivity index (χ4n) is 3.57. The Labute approximate surface area is 166 Å². The summed E-state index contributed by atoms with van der Waals surface area (Å²) in [6, 6.07) is 16.9. The van der Waals surface area contributed by atoms with Crippen LogP contribution in [0.3, 0.4) is 0 Å². The van der Waals surface area contributed by atoms with Crippen molar-refractivity contribution in [3.8, 4) is 0 Å². The Kier molecular flexibility index (Phi) is 4.79. The minimum Gasteiger partial charge on any atom is -0.380 e. The van der Waals surface area contributed by atoms with Crippen LogP contribution in [0.4, 0.5) is 4.39 Å². The number of fused-ring (bicyclic) bond motifs is 3. The summed E-state index contributed by atoms with van der Waals surface area (Å²) in [5.41, 5.74) is 8.85. The second kappa shape index (κ2) is 7.26. The third-order valence-corrected chi connectivity index (χ3v) is 5.16. The molecule has 1 amide bonds. The summed E-state index contributed by atoms with van der Waals surface area (Å²) >= 11 is 6.26. The van der Waals surface area contributed by atoms with E-state index in [0.717, 1.165) is 22.0 Å². The van der Waals surface area contributed by atoms with Crippen LogP contribution in [0.5, 0.6) is 0 Å². The predicted octanol–water partition coefficient (Wildman–Crippen LogP) is 4.68. The lowest BCUT2D eigenvalue weighted by atomic mass is 10.0. The van der Waals surface area contributed by atoms with Crippen LogP contribution < -0.4 is 5.73 Å². The molecule has 1 aromatic heterocycles. The van der Waals surface area contributed by atoms with Crippen LogP contribution in [0.1, 0.15) is 21.5 Å². The van der Waals surface area contributed by atoms with Crippen molar-refractivity contribution in [3.63, 3.8) is 0 Å². The standard InChI is InChI=1S/C22H17ClFN2O2/c1-28-12-13-8-9-14-20(10-13)26(11-16-17(23)5-3-6-18(16)24)19-7-2-4-15(21(14)19)22(25)27/h2-8,10H,11-12H2,1H3,(H2,25,27). The molecule has 0 spiro atoms. The minimum atomic E-state index is -0.525. The van der Waals surface area contributed by atoms with Crippen LogP contribution in [-0.2, 0) is 17.9 Å². The van der Waals surface area contributed by atoms with Crippen molar-refractivity contribution in [3.05, 3.63) is 82.1 Å². The molecule has 3 aromatic carbocycles. The number of hydrogen-bond donors (Lipinski definition) is 1. The quantitative estimate of drug-likeness (QED) is 0.533. The Morgan fingerprint density at radius 2 is 2.04 bits per heavy atom. The average molecular weight is 396 g/mol. The molecule has 0 saturated heterocycles. The average Bonchev–Trinajstić information content (AvgIpc) is 2.98. The monoisotopic (exact) mass is 395 g/mol. The van der Waals surface area contributed by atoms with Gasteiger partial charge < -0.3 is 15.0 Å². The van der Waals surface area contributed by atoms with Crippen molar-refractivity contribution in [1.29, 1.82) is 0 Å². The van der Waals surface area contributed by atoms with Gasteiger partial charge in [-0.15, -0.1) is 0 Å². The van der Waals surface area contributed by atoms with Gasteiger partial charge in [0.2, 0.25) is 5.91 Å². The first-order valence-corrected chi connectivity index (χ1v) is 9.06. The summed E-state index contributed by atoms with van der Waals surface area (Å²) in [5.74, 6) is -0.909. The first kappa shape index (κ1) is 18.5. The Bertz CT molecular complexity index is 1200. The second-order valence-corrected chi connectivity index (χ2v) is 6.96. The largest absolute Gasteiger partial charge is 0.380 e. The van der Waals surface area contributed by atoms with E-state index in [1.54, 1.807) is 31.4 Å². The van der Waals surface area contributed by atoms with Gasteiger partial charge in [-0.05, 0) is 48.0 Å². The van der Waals surface area contributed by atoms with E-state index < -0.39 is 5.91 Å². The van der Waals surface area contributed by atoms with E-state index in [4.69, 9.17) is 22.1 Å². The molecule has 4 rings (SSSR count). The smallest absolute Gasteiger partial charge is 0.249 e. The summed E-state index contributed by atoms with van der Waals surface area (Å²) in [5, 5.41) is 1.79.